The topological polar surface area (TPSA) is 67.3 Å². The minimum absolute atomic E-state index is 0.0374. The van der Waals surface area contributed by atoms with Gasteiger partial charge in [0.25, 0.3) is 0 Å². The molecule has 4 heteroatoms. The molecular formula is C11H11NO3. The lowest BCUT2D eigenvalue weighted by molar-refractivity contribution is 0.0690. The fraction of sp³-hybridized carbons (Fsp3) is 0.364. The van der Waals surface area contributed by atoms with Crippen molar-refractivity contribution < 1.29 is 14.7 Å². The van der Waals surface area contributed by atoms with Gasteiger partial charge in [-0.15, -0.1) is 0 Å². The predicted octanol–water partition coefficient (Wildman–Crippen LogP) is 1.86. The molecule has 0 unspecified atom stereocenters. The summed E-state index contributed by atoms with van der Waals surface area (Å²) in [5, 5.41) is 8.84. The Hall–Kier alpha value is -1.71. The van der Waals surface area contributed by atoms with Crippen LogP contribution in [0.1, 0.15) is 52.2 Å². The zero-order valence-corrected chi connectivity index (χ0v) is 8.36. The van der Waals surface area contributed by atoms with E-state index in [9.17, 15) is 9.59 Å². The summed E-state index contributed by atoms with van der Waals surface area (Å²) in [6, 6.07) is 3.03. The van der Waals surface area contributed by atoms with E-state index in [1.807, 2.05) is 0 Å². The molecule has 1 aromatic heterocycles. The van der Waals surface area contributed by atoms with Crippen LogP contribution in [0.3, 0.4) is 0 Å². The van der Waals surface area contributed by atoms with Crippen LogP contribution in [0.25, 0.3) is 0 Å². The largest absolute Gasteiger partial charge is 0.477 e. The summed E-state index contributed by atoms with van der Waals surface area (Å²) >= 11 is 0. The lowest BCUT2D eigenvalue weighted by Gasteiger charge is -2.03. The van der Waals surface area contributed by atoms with E-state index < -0.39 is 5.97 Å². The predicted molar refractivity (Wildman–Crippen MR) is 53.2 cm³/mol. The summed E-state index contributed by atoms with van der Waals surface area (Å²) < 4.78 is 0. The Bertz CT molecular complexity index is 403. The van der Waals surface area contributed by atoms with Crippen LogP contribution in [0.15, 0.2) is 12.1 Å². The van der Waals surface area contributed by atoms with Gasteiger partial charge in [0.15, 0.2) is 5.78 Å². The minimum atomic E-state index is -1.08. The number of hydrogen-bond acceptors (Lipinski definition) is 3. The number of Topliss-reactive ketones (excluding diaryl/α,β-unsaturated/α-hetero) is 1. The first-order valence-electron chi connectivity index (χ1n) is 4.84. The van der Waals surface area contributed by atoms with E-state index in [0.717, 1.165) is 18.5 Å². The van der Waals surface area contributed by atoms with E-state index in [2.05, 4.69) is 4.98 Å². The Kier molecular flexibility index (Phi) is 2.26. The molecule has 0 radical (unpaired) electrons. The van der Waals surface area contributed by atoms with Crippen molar-refractivity contribution in [2.45, 2.75) is 25.7 Å². The summed E-state index contributed by atoms with van der Waals surface area (Å²) in [4.78, 5) is 26.0. The molecule has 1 aromatic rings. The fourth-order valence-corrected chi connectivity index (χ4v) is 1.45. The lowest BCUT2D eigenvalue weighted by atomic mass is 10.1. The molecule has 1 aliphatic carbocycles. The first kappa shape index (κ1) is 9.83. The highest BCUT2D eigenvalue weighted by atomic mass is 16.4. The SMILES string of the molecule is CC(=O)c1cc(C(=O)O)nc(C2CC2)c1. The van der Waals surface area contributed by atoms with Crippen LogP contribution in [0, 0.1) is 0 Å². The van der Waals surface area contributed by atoms with Crippen molar-refractivity contribution >= 4 is 11.8 Å². The number of aromatic nitrogens is 1. The van der Waals surface area contributed by atoms with Crippen molar-refractivity contribution in [1.82, 2.24) is 4.98 Å². The Balaban J connectivity index is 2.47. The molecule has 0 saturated heterocycles. The quantitative estimate of drug-likeness (QED) is 0.765. The number of pyridine rings is 1. The first-order chi connectivity index (χ1) is 7.08. The van der Waals surface area contributed by atoms with Gasteiger partial charge in [-0.1, -0.05) is 0 Å². The van der Waals surface area contributed by atoms with Gasteiger partial charge in [0.05, 0.1) is 0 Å². The van der Waals surface area contributed by atoms with Crippen molar-refractivity contribution in [2.24, 2.45) is 0 Å². The molecule has 1 aliphatic rings. The molecule has 1 fully saturated rings. The molecule has 4 nitrogen and oxygen atoms in total. The summed E-state index contributed by atoms with van der Waals surface area (Å²) in [5.41, 5.74) is 1.13. The van der Waals surface area contributed by atoms with Gasteiger partial charge in [-0.3, -0.25) is 4.79 Å². The Morgan fingerprint density at radius 1 is 1.40 bits per heavy atom. The molecule has 0 spiro atoms. The molecule has 1 heterocycles. The maximum atomic E-state index is 11.2. The number of carboxylic acid groups (broad SMARTS) is 1. The zero-order valence-electron chi connectivity index (χ0n) is 8.36. The molecule has 2 rings (SSSR count). The number of carbonyl (C=O) groups is 2. The second-order valence-electron chi connectivity index (χ2n) is 3.80. The standard InChI is InChI=1S/C11H11NO3/c1-6(13)8-4-9(7-2-3-7)12-10(5-8)11(14)15/h4-5,7H,2-3H2,1H3,(H,14,15). The van der Waals surface area contributed by atoms with Crippen LogP contribution in [-0.2, 0) is 0 Å². The summed E-state index contributed by atoms with van der Waals surface area (Å²) in [6.07, 6.45) is 2.07. The molecule has 0 aromatic carbocycles. The Labute approximate surface area is 87.0 Å². The second kappa shape index (κ2) is 3.46. The number of hydrogen-bond donors (Lipinski definition) is 1. The van der Waals surface area contributed by atoms with Gasteiger partial charge in [-0.05, 0) is 31.9 Å². The molecule has 0 atom stereocenters. The third-order valence-corrected chi connectivity index (χ3v) is 2.47. The molecule has 0 bridgehead atoms. The Morgan fingerprint density at radius 2 is 2.07 bits per heavy atom. The fourth-order valence-electron chi connectivity index (χ4n) is 1.45. The maximum Gasteiger partial charge on any atom is 0.354 e. The molecule has 1 saturated carbocycles. The van der Waals surface area contributed by atoms with Crippen LogP contribution >= 0.6 is 0 Å². The van der Waals surface area contributed by atoms with E-state index in [1.54, 1.807) is 6.07 Å². The monoisotopic (exact) mass is 205 g/mol. The maximum absolute atomic E-state index is 11.2. The van der Waals surface area contributed by atoms with Gasteiger partial charge >= 0.3 is 5.97 Å². The third kappa shape index (κ3) is 2.03. The van der Waals surface area contributed by atoms with Gasteiger partial charge < -0.3 is 5.11 Å². The lowest BCUT2D eigenvalue weighted by Crippen LogP contribution is -2.06. The van der Waals surface area contributed by atoms with Gasteiger partial charge in [-0.25, -0.2) is 9.78 Å². The number of ketones is 1. The Morgan fingerprint density at radius 3 is 2.53 bits per heavy atom. The number of aromatic carboxylic acids is 1. The van der Waals surface area contributed by atoms with Gasteiger partial charge in [0, 0.05) is 17.2 Å². The number of rotatable bonds is 3. The summed E-state index contributed by atoms with van der Waals surface area (Å²) in [5.74, 6) is -0.857. The second-order valence-corrected chi connectivity index (χ2v) is 3.80. The van der Waals surface area contributed by atoms with Crippen LogP contribution in [-0.4, -0.2) is 21.8 Å². The highest BCUT2D eigenvalue weighted by molar-refractivity contribution is 5.96. The van der Waals surface area contributed by atoms with E-state index >= 15 is 0 Å². The summed E-state index contributed by atoms with van der Waals surface area (Å²) in [6.45, 7) is 1.43. The van der Waals surface area contributed by atoms with E-state index in [-0.39, 0.29) is 11.5 Å². The highest BCUT2D eigenvalue weighted by Gasteiger charge is 2.26. The smallest absolute Gasteiger partial charge is 0.354 e. The molecular weight excluding hydrogens is 194 g/mol. The average Bonchev–Trinajstić information content (AvgIpc) is 3.00. The van der Waals surface area contributed by atoms with Crippen LogP contribution in [0.2, 0.25) is 0 Å². The van der Waals surface area contributed by atoms with Crippen molar-refractivity contribution in [3.63, 3.8) is 0 Å². The number of nitrogens with zero attached hydrogens (tertiary/aromatic N) is 1. The first-order valence-corrected chi connectivity index (χ1v) is 4.84. The van der Waals surface area contributed by atoms with E-state index in [0.29, 0.717) is 11.5 Å². The number of carboxylic acids is 1. The molecule has 15 heavy (non-hydrogen) atoms. The van der Waals surface area contributed by atoms with Crippen molar-refractivity contribution in [3.05, 3.63) is 29.1 Å². The third-order valence-electron chi connectivity index (χ3n) is 2.47. The van der Waals surface area contributed by atoms with Crippen LogP contribution in [0.4, 0.5) is 0 Å². The van der Waals surface area contributed by atoms with Gasteiger partial charge in [-0.2, -0.15) is 0 Å². The zero-order chi connectivity index (χ0) is 11.0. The average molecular weight is 205 g/mol. The van der Waals surface area contributed by atoms with Gasteiger partial charge in [0.2, 0.25) is 0 Å². The molecule has 0 aliphatic heterocycles. The molecule has 0 amide bonds. The van der Waals surface area contributed by atoms with E-state index in [4.69, 9.17) is 5.11 Å². The van der Waals surface area contributed by atoms with Gasteiger partial charge in [0.1, 0.15) is 5.69 Å². The van der Waals surface area contributed by atoms with Crippen LogP contribution < -0.4 is 0 Å². The van der Waals surface area contributed by atoms with Crippen molar-refractivity contribution in [3.8, 4) is 0 Å². The van der Waals surface area contributed by atoms with Crippen LogP contribution in [0.5, 0.6) is 0 Å². The minimum Gasteiger partial charge on any atom is -0.477 e. The highest BCUT2D eigenvalue weighted by Crippen LogP contribution is 2.39. The molecule has 1 N–H and O–H groups in total. The summed E-state index contributed by atoms with van der Waals surface area (Å²) in [7, 11) is 0. The number of carbonyl (C=O) groups excluding carboxylic acids is 1. The van der Waals surface area contributed by atoms with Crippen molar-refractivity contribution in [1.29, 1.82) is 0 Å². The normalized spacial score (nSPS) is 15.0. The van der Waals surface area contributed by atoms with Crippen molar-refractivity contribution in [2.75, 3.05) is 0 Å². The van der Waals surface area contributed by atoms with E-state index in [1.165, 1.54) is 13.0 Å². The molecule has 78 valence electrons.